The van der Waals surface area contributed by atoms with Crippen molar-refractivity contribution in [2.45, 2.75) is 90.6 Å². The van der Waals surface area contributed by atoms with Crippen LogP contribution in [0, 0.1) is 5.92 Å². The Bertz CT molecular complexity index is 236. The fourth-order valence-electron chi connectivity index (χ4n) is 3.22. The quantitative estimate of drug-likeness (QED) is 0.515. The minimum atomic E-state index is -0.0944. The molecule has 2 atom stereocenters. The lowest BCUT2D eigenvalue weighted by atomic mass is 9.80. The largest absolute Gasteiger partial charge is 0.324 e. The van der Waals surface area contributed by atoms with Crippen LogP contribution >= 0.6 is 0 Å². The van der Waals surface area contributed by atoms with E-state index in [1.54, 1.807) is 0 Å². The molecule has 0 aliphatic carbocycles. The van der Waals surface area contributed by atoms with E-state index in [0.717, 1.165) is 58.0 Å². The van der Waals surface area contributed by atoms with Crippen molar-refractivity contribution in [3.05, 3.63) is 0 Å². The third-order valence-corrected chi connectivity index (χ3v) is 4.74. The van der Waals surface area contributed by atoms with Crippen LogP contribution in [0.4, 0.5) is 0 Å². The summed E-state index contributed by atoms with van der Waals surface area (Å²) in [5.74, 6) is 0.541. The summed E-state index contributed by atoms with van der Waals surface area (Å²) >= 11 is 0. The molecular formula is C17H39N3. The van der Waals surface area contributed by atoms with E-state index in [-0.39, 0.29) is 11.1 Å². The first-order chi connectivity index (χ1) is 9.37. The van der Waals surface area contributed by atoms with Gasteiger partial charge < -0.3 is 16.8 Å². The monoisotopic (exact) mass is 285 g/mol. The van der Waals surface area contributed by atoms with Gasteiger partial charge in [0.2, 0.25) is 0 Å². The van der Waals surface area contributed by atoms with Crippen molar-refractivity contribution < 1.29 is 0 Å². The van der Waals surface area contributed by atoms with E-state index in [0.29, 0.717) is 5.92 Å². The third kappa shape index (κ3) is 6.55. The van der Waals surface area contributed by atoms with Crippen LogP contribution in [0.3, 0.4) is 0 Å². The summed E-state index contributed by atoms with van der Waals surface area (Å²) in [6.45, 7) is 12.9. The molecule has 0 saturated carbocycles. The van der Waals surface area contributed by atoms with Crippen LogP contribution in [-0.4, -0.2) is 24.2 Å². The Morgan fingerprint density at radius 1 is 0.850 bits per heavy atom. The molecule has 0 aromatic heterocycles. The van der Waals surface area contributed by atoms with Gasteiger partial charge in [-0.25, -0.2) is 0 Å². The van der Waals surface area contributed by atoms with Crippen molar-refractivity contribution in [2.75, 3.05) is 13.1 Å². The zero-order valence-corrected chi connectivity index (χ0v) is 14.6. The van der Waals surface area contributed by atoms with Crippen LogP contribution in [0.1, 0.15) is 79.6 Å². The van der Waals surface area contributed by atoms with E-state index in [2.05, 4.69) is 39.9 Å². The van der Waals surface area contributed by atoms with Crippen molar-refractivity contribution in [3.8, 4) is 0 Å². The van der Waals surface area contributed by atoms with Crippen molar-refractivity contribution >= 4 is 0 Å². The fraction of sp³-hybridized carbons (Fsp3) is 1.00. The highest BCUT2D eigenvalue weighted by atomic mass is 15.0. The molecular weight excluding hydrogens is 246 g/mol. The maximum atomic E-state index is 6.64. The number of hydrogen-bond donors (Lipinski definition) is 3. The first kappa shape index (κ1) is 19.9. The Kier molecular flexibility index (Phi) is 9.69. The Labute approximate surface area is 127 Å². The molecule has 0 aromatic carbocycles. The van der Waals surface area contributed by atoms with Gasteiger partial charge in [-0.3, -0.25) is 0 Å². The second-order valence-electron chi connectivity index (χ2n) is 6.76. The van der Waals surface area contributed by atoms with Crippen LogP contribution in [0.15, 0.2) is 0 Å². The molecule has 0 aliphatic heterocycles. The molecule has 5 N–H and O–H groups in total. The van der Waals surface area contributed by atoms with Crippen LogP contribution in [0.5, 0.6) is 0 Å². The highest BCUT2D eigenvalue weighted by molar-refractivity contribution is 4.93. The van der Waals surface area contributed by atoms with Gasteiger partial charge in [-0.1, -0.05) is 60.3 Å². The molecule has 0 spiro atoms. The fourth-order valence-corrected chi connectivity index (χ4v) is 3.22. The molecule has 20 heavy (non-hydrogen) atoms. The molecule has 0 bridgehead atoms. The minimum absolute atomic E-state index is 0.0634. The van der Waals surface area contributed by atoms with Crippen molar-refractivity contribution in [2.24, 2.45) is 17.4 Å². The van der Waals surface area contributed by atoms with Crippen LogP contribution in [0.25, 0.3) is 0 Å². The number of hydrogen-bond acceptors (Lipinski definition) is 3. The standard InChI is InChI=1S/C17H39N3/c1-6-10-16(18,11-7-2)13-20-14-17(19,12-8-3)15(5)9-4/h15,20H,6-14,18-19H2,1-5H3. The van der Waals surface area contributed by atoms with E-state index < -0.39 is 0 Å². The maximum Gasteiger partial charge on any atom is 0.0306 e. The molecule has 0 rings (SSSR count). The normalized spacial score (nSPS) is 16.9. The summed E-state index contributed by atoms with van der Waals surface area (Å²) < 4.78 is 0. The molecule has 2 unspecified atom stereocenters. The Hall–Kier alpha value is -0.120. The van der Waals surface area contributed by atoms with Crippen molar-refractivity contribution in [3.63, 3.8) is 0 Å². The van der Waals surface area contributed by atoms with Crippen LogP contribution < -0.4 is 16.8 Å². The lowest BCUT2D eigenvalue weighted by molar-refractivity contribution is 0.236. The van der Waals surface area contributed by atoms with Gasteiger partial charge in [0.15, 0.2) is 0 Å². The van der Waals surface area contributed by atoms with E-state index in [1.165, 1.54) is 0 Å². The zero-order chi connectivity index (χ0) is 15.6. The summed E-state index contributed by atoms with van der Waals surface area (Å²) in [7, 11) is 0. The van der Waals surface area contributed by atoms with Gasteiger partial charge in [-0.15, -0.1) is 0 Å². The number of nitrogens with two attached hydrogens (primary N) is 2. The van der Waals surface area contributed by atoms with Gasteiger partial charge in [0.05, 0.1) is 0 Å². The molecule has 122 valence electrons. The first-order valence-electron chi connectivity index (χ1n) is 8.65. The van der Waals surface area contributed by atoms with Gasteiger partial charge in [0.25, 0.3) is 0 Å². The molecule has 0 aromatic rings. The van der Waals surface area contributed by atoms with Gasteiger partial charge in [-0.05, 0) is 25.2 Å². The Morgan fingerprint density at radius 2 is 1.35 bits per heavy atom. The Balaban J connectivity index is 4.47. The highest BCUT2D eigenvalue weighted by Gasteiger charge is 2.31. The minimum Gasteiger partial charge on any atom is -0.324 e. The van der Waals surface area contributed by atoms with E-state index in [9.17, 15) is 0 Å². The van der Waals surface area contributed by atoms with E-state index in [4.69, 9.17) is 11.5 Å². The molecule has 0 heterocycles. The second-order valence-corrected chi connectivity index (χ2v) is 6.76. The second kappa shape index (κ2) is 9.75. The predicted octanol–water partition coefficient (Wildman–Crippen LogP) is 3.42. The summed E-state index contributed by atoms with van der Waals surface area (Å²) in [6, 6.07) is 0. The lowest BCUT2D eigenvalue weighted by Gasteiger charge is -2.37. The van der Waals surface area contributed by atoms with E-state index >= 15 is 0 Å². The van der Waals surface area contributed by atoms with Crippen LogP contribution in [-0.2, 0) is 0 Å². The maximum absolute atomic E-state index is 6.64. The third-order valence-electron chi connectivity index (χ3n) is 4.74. The SMILES string of the molecule is CCCC(N)(CCC)CNCC(N)(CCC)C(C)CC. The van der Waals surface area contributed by atoms with Crippen molar-refractivity contribution in [1.29, 1.82) is 0 Å². The first-order valence-corrected chi connectivity index (χ1v) is 8.65. The van der Waals surface area contributed by atoms with Gasteiger partial charge in [-0.2, -0.15) is 0 Å². The molecule has 3 heteroatoms. The lowest BCUT2D eigenvalue weighted by Crippen LogP contribution is -2.57. The van der Waals surface area contributed by atoms with Gasteiger partial charge in [0, 0.05) is 24.2 Å². The molecule has 0 aliphatic rings. The molecule has 0 amide bonds. The summed E-state index contributed by atoms with van der Waals surface area (Å²) in [5, 5.41) is 3.59. The Morgan fingerprint density at radius 3 is 1.75 bits per heavy atom. The zero-order valence-electron chi connectivity index (χ0n) is 14.6. The summed E-state index contributed by atoms with van der Waals surface area (Å²) in [6.07, 6.45) is 7.81. The number of nitrogens with one attached hydrogen (secondary N) is 1. The summed E-state index contributed by atoms with van der Waals surface area (Å²) in [4.78, 5) is 0. The average molecular weight is 286 g/mol. The predicted molar refractivity (Wildman–Crippen MR) is 90.9 cm³/mol. The molecule has 0 radical (unpaired) electrons. The van der Waals surface area contributed by atoms with E-state index in [1.807, 2.05) is 0 Å². The smallest absolute Gasteiger partial charge is 0.0306 e. The van der Waals surface area contributed by atoms with Crippen molar-refractivity contribution in [1.82, 2.24) is 5.32 Å². The van der Waals surface area contributed by atoms with Gasteiger partial charge in [0.1, 0.15) is 0 Å². The topological polar surface area (TPSA) is 64.1 Å². The molecule has 0 saturated heterocycles. The summed E-state index contributed by atoms with van der Waals surface area (Å²) in [5.41, 5.74) is 13.0. The molecule has 3 nitrogen and oxygen atoms in total. The average Bonchev–Trinajstić information content (AvgIpc) is 2.38. The number of rotatable bonds is 12. The van der Waals surface area contributed by atoms with Crippen LogP contribution in [0.2, 0.25) is 0 Å². The highest BCUT2D eigenvalue weighted by Crippen LogP contribution is 2.23. The van der Waals surface area contributed by atoms with Gasteiger partial charge >= 0.3 is 0 Å². The molecule has 0 fully saturated rings.